The van der Waals surface area contributed by atoms with Crippen molar-refractivity contribution >= 4 is 98.8 Å². The molecule has 8 heteroatoms. The van der Waals surface area contributed by atoms with Crippen LogP contribution in [0.3, 0.4) is 0 Å². The largest absolute Gasteiger partial charge is 2.00 e. The van der Waals surface area contributed by atoms with E-state index in [1.807, 2.05) is 0 Å². The molecule has 0 aliphatic carbocycles. The molecule has 0 unspecified atom stereocenters. The van der Waals surface area contributed by atoms with E-state index in [4.69, 9.17) is 14.1 Å². The molecule has 0 aromatic carbocycles. The minimum atomic E-state index is -3.13. The van der Waals surface area contributed by atoms with Crippen molar-refractivity contribution in [3.8, 4) is 0 Å². The predicted molar refractivity (Wildman–Crippen MR) is 46.7 cm³/mol. The number of hydrogen-bond acceptors (Lipinski definition) is 1. The summed E-state index contributed by atoms with van der Waals surface area (Å²) in [6, 6.07) is 0. The van der Waals surface area contributed by atoms with Crippen LogP contribution in [-0.2, 0) is 4.46 Å². The third-order valence-corrected chi connectivity index (χ3v) is 0. The molecule has 0 amide bonds. The van der Waals surface area contributed by atoms with Crippen LogP contribution < -0.4 is 0 Å². The Morgan fingerprint density at radius 3 is 1.25 bits per heavy atom. The van der Waals surface area contributed by atoms with E-state index in [0.717, 1.165) is 0 Å². The van der Waals surface area contributed by atoms with Crippen LogP contribution in [-0.4, -0.2) is 108 Å². The summed E-state index contributed by atoms with van der Waals surface area (Å²) in [5.74, 6) is 0. The van der Waals surface area contributed by atoms with E-state index in [1.165, 1.54) is 0 Å². The van der Waals surface area contributed by atoms with Gasteiger partial charge in [-0.05, 0) is 0 Å². The first-order valence-corrected chi connectivity index (χ1v) is 1.95. The SMILES string of the molecule is O=[Si](O)O.[AlH3].[BiH3].[H-].[H-].[H-].[H-].[Mg+2].[Mg+2]. The first kappa shape index (κ1) is 31.2. The summed E-state index contributed by atoms with van der Waals surface area (Å²) in [7, 11) is -3.13. The van der Waals surface area contributed by atoms with Gasteiger partial charge in [0, 0.05) is 0 Å². The van der Waals surface area contributed by atoms with Crippen molar-refractivity contribution in [1.29, 1.82) is 0 Å². The maximum atomic E-state index is 8.74. The Labute approximate surface area is 117 Å². The van der Waals surface area contributed by atoms with Crippen LogP contribution in [0.2, 0.25) is 0 Å². The van der Waals surface area contributed by atoms with Crippen molar-refractivity contribution in [3.63, 3.8) is 0 Å². The summed E-state index contributed by atoms with van der Waals surface area (Å²) >= 11 is 0. The third kappa shape index (κ3) is 74.5. The van der Waals surface area contributed by atoms with Gasteiger partial charge in [-0.3, -0.25) is 4.46 Å². The van der Waals surface area contributed by atoms with Crippen molar-refractivity contribution < 1.29 is 19.8 Å². The van der Waals surface area contributed by atoms with Gasteiger partial charge in [-0.25, -0.2) is 0 Å². The van der Waals surface area contributed by atoms with Crippen molar-refractivity contribution in [2.24, 2.45) is 0 Å². The fourth-order valence-corrected chi connectivity index (χ4v) is 0. The zero-order valence-corrected chi connectivity index (χ0v) is 13.3. The van der Waals surface area contributed by atoms with E-state index in [9.17, 15) is 0 Å². The Hall–Kier alpha value is 2.56. The van der Waals surface area contributed by atoms with E-state index in [-0.39, 0.29) is 95.4 Å². The first-order valence-electron chi connectivity index (χ1n) is 0.651. The van der Waals surface area contributed by atoms with Gasteiger partial charge in [0.25, 0.3) is 0 Å². The molecular weight excluding hydrogens is 361 g/mol. The second-order valence-electron chi connectivity index (χ2n) is 0.283. The molecule has 0 saturated carbocycles. The molecule has 0 aromatic rings. The van der Waals surface area contributed by atoms with Crippen LogP contribution in [0.4, 0.5) is 0 Å². The molecular formula is H12AlBiMg2O3Si. The van der Waals surface area contributed by atoms with Crippen LogP contribution in [0, 0.1) is 0 Å². The van der Waals surface area contributed by atoms with Crippen molar-refractivity contribution in [1.82, 2.24) is 0 Å². The fourth-order valence-electron chi connectivity index (χ4n) is 0. The van der Waals surface area contributed by atoms with Gasteiger partial charge < -0.3 is 15.3 Å². The molecule has 3 nitrogen and oxygen atoms in total. The molecule has 8 heavy (non-hydrogen) atoms. The van der Waals surface area contributed by atoms with Crippen LogP contribution in [0.1, 0.15) is 5.71 Å². The number of hydrogen-bond donors (Lipinski definition) is 2. The summed E-state index contributed by atoms with van der Waals surface area (Å²) in [4.78, 5) is 14.3. The van der Waals surface area contributed by atoms with E-state index < -0.39 is 9.17 Å². The van der Waals surface area contributed by atoms with E-state index in [1.54, 1.807) is 0 Å². The third-order valence-electron chi connectivity index (χ3n) is 0. The first-order chi connectivity index (χ1) is 1.73. The molecule has 0 heterocycles. The van der Waals surface area contributed by atoms with Crippen molar-refractivity contribution in [2.75, 3.05) is 0 Å². The summed E-state index contributed by atoms with van der Waals surface area (Å²) in [6.45, 7) is 0. The average Bonchev–Trinajstić information content (AvgIpc) is 0.811. The Morgan fingerprint density at radius 2 is 1.25 bits per heavy atom. The smallest absolute Gasteiger partial charge is 1.00 e. The Kier molecular flexibility index (Phi) is 88.4. The Balaban J connectivity index is -0.00000000161. The average molecular weight is 373 g/mol. The van der Waals surface area contributed by atoms with Crippen molar-refractivity contribution in [3.05, 3.63) is 0 Å². The molecule has 0 rings (SSSR count). The zero-order valence-electron chi connectivity index (χ0n) is 7.92. The van der Waals surface area contributed by atoms with Crippen LogP contribution in [0.25, 0.3) is 0 Å². The minimum absolute atomic E-state index is 0. The second kappa shape index (κ2) is 22.7. The van der Waals surface area contributed by atoms with Gasteiger partial charge in [-0.2, -0.15) is 0 Å². The van der Waals surface area contributed by atoms with Crippen LogP contribution >= 0.6 is 0 Å². The van der Waals surface area contributed by atoms with Crippen LogP contribution in [0.15, 0.2) is 0 Å². The molecule has 0 atom stereocenters. The fraction of sp³-hybridized carbons (Fsp3) is 0. The molecule has 0 aliphatic heterocycles. The van der Waals surface area contributed by atoms with E-state index >= 15 is 0 Å². The van der Waals surface area contributed by atoms with Gasteiger partial charge in [-0.15, -0.1) is 0 Å². The predicted octanol–water partition coefficient (Wildman–Crippen LogP) is -4.29. The molecule has 0 saturated heterocycles. The maximum Gasteiger partial charge on any atom is 2.00 e. The quantitative estimate of drug-likeness (QED) is 0.423. The van der Waals surface area contributed by atoms with Gasteiger partial charge in [0.1, 0.15) is 0 Å². The molecule has 0 fully saturated rings. The molecule has 0 radical (unpaired) electrons. The molecule has 2 N–H and O–H groups in total. The molecule has 0 bridgehead atoms. The monoisotopic (exact) mass is 372 g/mol. The Morgan fingerprint density at radius 1 is 1.25 bits per heavy atom. The zero-order chi connectivity index (χ0) is 3.58. The summed E-state index contributed by atoms with van der Waals surface area (Å²) in [5, 5.41) is 0. The summed E-state index contributed by atoms with van der Waals surface area (Å²) in [6.07, 6.45) is 0. The van der Waals surface area contributed by atoms with Crippen LogP contribution in [0.5, 0.6) is 0 Å². The maximum absolute atomic E-state index is 8.74. The topological polar surface area (TPSA) is 57.5 Å². The molecule has 0 spiro atoms. The van der Waals surface area contributed by atoms with Crippen molar-refractivity contribution in [2.45, 2.75) is 0 Å². The molecule has 0 aromatic heterocycles. The Bertz CT molecular complexity index is 51.3. The van der Waals surface area contributed by atoms with Gasteiger partial charge in [0.2, 0.25) is 0 Å². The van der Waals surface area contributed by atoms with Gasteiger partial charge >= 0.3 is 81.5 Å². The standard InChI is InChI=1S/Al.Bi.2Mg.H2O3Si.10H/c;;;;1-4(2)3;;;;;;;;;;/h;;;;1-2H;;;;;;;;;;/q;;2*+2;;;;;;;;4*-1. The second-order valence-corrected chi connectivity index (χ2v) is 0.848. The molecule has 46 valence electrons. The summed E-state index contributed by atoms with van der Waals surface area (Å²) < 4.78 is 8.74. The normalized spacial score (nSPS) is 3.00. The van der Waals surface area contributed by atoms with Gasteiger partial charge in [0.15, 0.2) is 17.4 Å². The van der Waals surface area contributed by atoms with Gasteiger partial charge in [0.05, 0.1) is 0 Å². The van der Waals surface area contributed by atoms with Gasteiger partial charge in [-0.1, -0.05) is 0 Å². The van der Waals surface area contributed by atoms with E-state index in [2.05, 4.69) is 0 Å². The minimum Gasteiger partial charge on any atom is -1.00 e. The summed E-state index contributed by atoms with van der Waals surface area (Å²) in [5.41, 5.74) is 0. The molecule has 0 aliphatic rings. The number of rotatable bonds is 0. The van der Waals surface area contributed by atoms with E-state index in [0.29, 0.717) is 0 Å².